The second-order valence-electron chi connectivity index (χ2n) is 18.1. The number of nitrogens with zero attached hydrogens (tertiary/aromatic N) is 4. The molecule has 0 saturated carbocycles. The summed E-state index contributed by atoms with van der Waals surface area (Å²) < 4.78 is 7.37. The van der Waals surface area contributed by atoms with Gasteiger partial charge in [0.2, 0.25) is 0 Å². The van der Waals surface area contributed by atoms with Crippen LogP contribution in [0.3, 0.4) is 0 Å². The number of rotatable bonds is 8. The molecule has 69 heavy (non-hydrogen) atoms. The molecule has 0 unspecified atom stereocenters. The maximum Gasteiger partial charge on any atom is 0.0548 e. The molecule has 0 saturated heterocycles. The van der Waals surface area contributed by atoms with E-state index in [4.69, 9.17) is 0 Å². The quantitative estimate of drug-likeness (QED) is 0.141. The molecular formula is C64H40N4S. The van der Waals surface area contributed by atoms with Crippen molar-refractivity contribution in [2.45, 2.75) is 0 Å². The van der Waals surface area contributed by atoms with Gasteiger partial charge in [-0.3, -0.25) is 0 Å². The average molecular weight is 897 g/mol. The van der Waals surface area contributed by atoms with Crippen molar-refractivity contribution in [2.75, 3.05) is 9.80 Å². The lowest BCUT2D eigenvalue weighted by Crippen LogP contribution is -2.10. The Morgan fingerprint density at radius 3 is 1.12 bits per heavy atom. The van der Waals surface area contributed by atoms with Gasteiger partial charge in [0.15, 0.2) is 0 Å². The van der Waals surface area contributed by atoms with Crippen LogP contribution in [0.5, 0.6) is 0 Å². The average Bonchev–Trinajstić information content (AvgIpc) is 4.08. The third-order valence-electron chi connectivity index (χ3n) is 14.4. The molecule has 322 valence electrons. The van der Waals surface area contributed by atoms with Gasteiger partial charge in [-0.05, 0) is 132 Å². The molecule has 0 fully saturated rings. The Morgan fingerprint density at radius 1 is 0.275 bits per heavy atom. The maximum atomic E-state index is 2.45. The second-order valence-corrected chi connectivity index (χ2v) is 19.2. The molecule has 15 aromatic rings. The lowest BCUT2D eigenvalue weighted by Gasteiger charge is -2.27. The summed E-state index contributed by atoms with van der Waals surface area (Å²) in [5, 5.41) is 12.6. The van der Waals surface area contributed by atoms with Crippen LogP contribution in [0.2, 0.25) is 0 Å². The Bertz CT molecular complexity index is 4130. The fraction of sp³-hybridized carbons (Fsp3) is 0. The third kappa shape index (κ3) is 5.62. The van der Waals surface area contributed by atoms with Crippen LogP contribution in [0.1, 0.15) is 0 Å². The zero-order chi connectivity index (χ0) is 45.2. The van der Waals surface area contributed by atoms with Crippen LogP contribution in [-0.2, 0) is 0 Å². The number of fused-ring (bicyclic) bond motifs is 3. The highest BCUT2D eigenvalue weighted by molar-refractivity contribution is 7.25. The number of hydrogen-bond donors (Lipinski definition) is 0. The zero-order valence-electron chi connectivity index (χ0n) is 37.3. The number of para-hydroxylation sites is 4. The molecule has 0 spiro atoms. The Hall–Kier alpha value is -8.90. The van der Waals surface area contributed by atoms with Crippen molar-refractivity contribution in [1.82, 2.24) is 9.13 Å². The zero-order valence-corrected chi connectivity index (χ0v) is 38.1. The van der Waals surface area contributed by atoms with Crippen LogP contribution in [0.15, 0.2) is 243 Å². The minimum Gasteiger partial charge on any atom is -0.310 e. The Labute approximate surface area is 401 Å². The van der Waals surface area contributed by atoms with Crippen molar-refractivity contribution in [3.8, 4) is 11.4 Å². The van der Waals surface area contributed by atoms with E-state index in [1.807, 2.05) is 11.3 Å². The van der Waals surface area contributed by atoms with Gasteiger partial charge in [-0.1, -0.05) is 121 Å². The van der Waals surface area contributed by atoms with E-state index >= 15 is 0 Å². The summed E-state index contributed by atoms with van der Waals surface area (Å²) in [5.74, 6) is 0. The van der Waals surface area contributed by atoms with E-state index < -0.39 is 0 Å². The number of benzene rings is 12. The van der Waals surface area contributed by atoms with Gasteiger partial charge in [0.05, 0.1) is 33.4 Å². The first kappa shape index (κ1) is 38.2. The van der Waals surface area contributed by atoms with Crippen LogP contribution >= 0.6 is 11.3 Å². The molecule has 0 radical (unpaired) electrons. The molecule has 5 heteroatoms. The van der Waals surface area contributed by atoms with Gasteiger partial charge in [-0.2, -0.15) is 0 Å². The predicted octanol–water partition coefficient (Wildman–Crippen LogP) is 18.4. The van der Waals surface area contributed by atoms with Gasteiger partial charge >= 0.3 is 0 Å². The topological polar surface area (TPSA) is 16.3 Å². The molecule has 0 N–H and O–H groups in total. The molecule has 0 aliphatic heterocycles. The molecular weight excluding hydrogens is 857 g/mol. The number of anilines is 6. The predicted molar refractivity (Wildman–Crippen MR) is 295 cm³/mol. The highest BCUT2D eigenvalue weighted by Crippen LogP contribution is 2.50. The smallest absolute Gasteiger partial charge is 0.0548 e. The van der Waals surface area contributed by atoms with Gasteiger partial charge < -0.3 is 18.9 Å². The highest BCUT2D eigenvalue weighted by atomic mass is 32.1. The lowest BCUT2D eigenvalue weighted by molar-refractivity contribution is 1.18. The summed E-state index contributed by atoms with van der Waals surface area (Å²) in [7, 11) is 0. The Morgan fingerprint density at radius 2 is 0.681 bits per heavy atom. The molecule has 15 rings (SSSR count). The first-order valence-corrected chi connectivity index (χ1v) is 24.4. The number of thiophene rings is 1. The van der Waals surface area contributed by atoms with Crippen molar-refractivity contribution in [2.24, 2.45) is 0 Å². The molecule has 12 aromatic carbocycles. The minimum absolute atomic E-state index is 1.11. The number of hydrogen-bond acceptors (Lipinski definition) is 3. The summed E-state index contributed by atoms with van der Waals surface area (Å²) in [4.78, 5) is 4.91. The molecule has 3 aromatic heterocycles. The fourth-order valence-electron chi connectivity index (χ4n) is 11.5. The van der Waals surface area contributed by atoms with E-state index in [0.29, 0.717) is 0 Å². The monoisotopic (exact) mass is 896 g/mol. The SMILES string of the molecule is c1ccc(N(c2ccc3sc4ccc(N(c5ccccc5)c5ccc6c7c5ccc5cccc(c57)n6-c5ccccc5)cc4c3c2)c2ccc3c4c2ccc2cccc(c24)n3-c2ccccc2)cc1. The lowest BCUT2D eigenvalue weighted by atomic mass is 9.99. The first-order valence-electron chi connectivity index (χ1n) is 23.6. The van der Waals surface area contributed by atoms with Crippen LogP contribution in [0.25, 0.3) is 96.7 Å². The van der Waals surface area contributed by atoms with E-state index in [0.717, 1.165) is 45.5 Å². The summed E-state index contributed by atoms with van der Waals surface area (Å²) in [6, 6.07) is 89.2. The fourth-order valence-corrected chi connectivity index (χ4v) is 12.6. The standard InChI is InChI=1S/C64H40N4S/c1-5-17-43(18-6-1)65(53-33-35-57-63-49(53)31-27-41-15-13-25-55(61(41)63)67(57)45-21-9-3-10-22-45)47-29-37-59-51(39-47)52-40-48(30-38-60(52)69-59)66(44-19-7-2-8-20-44)54-34-36-58-64-50(54)32-28-42-16-14-26-56(62(42)64)68(58)46-23-11-4-12-24-46/h1-40H. The normalized spacial score (nSPS) is 12.1. The van der Waals surface area contributed by atoms with Crippen molar-refractivity contribution in [3.63, 3.8) is 0 Å². The van der Waals surface area contributed by atoms with E-state index in [2.05, 4.69) is 262 Å². The van der Waals surface area contributed by atoms with Gasteiger partial charge in [0.25, 0.3) is 0 Å². The second kappa shape index (κ2) is 14.8. The van der Waals surface area contributed by atoms with Gasteiger partial charge in [0.1, 0.15) is 0 Å². The Kier molecular flexibility index (Phi) is 8.20. The minimum atomic E-state index is 1.11. The van der Waals surface area contributed by atoms with Crippen molar-refractivity contribution in [3.05, 3.63) is 243 Å². The summed E-state index contributed by atoms with van der Waals surface area (Å²) in [6.07, 6.45) is 0. The van der Waals surface area contributed by atoms with E-state index in [1.165, 1.54) is 85.3 Å². The van der Waals surface area contributed by atoms with Gasteiger partial charge in [-0.25, -0.2) is 0 Å². The van der Waals surface area contributed by atoms with Crippen molar-refractivity contribution in [1.29, 1.82) is 0 Å². The maximum absolute atomic E-state index is 2.45. The summed E-state index contributed by atoms with van der Waals surface area (Å²) in [6.45, 7) is 0. The molecule has 0 aliphatic rings. The van der Waals surface area contributed by atoms with Crippen molar-refractivity contribution >= 4 is 131 Å². The molecule has 0 aliphatic carbocycles. The molecule has 4 nitrogen and oxygen atoms in total. The molecule has 0 amide bonds. The summed E-state index contributed by atoms with van der Waals surface area (Å²) in [5.41, 5.74) is 13.9. The van der Waals surface area contributed by atoms with Crippen LogP contribution in [0, 0.1) is 0 Å². The van der Waals surface area contributed by atoms with E-state index in [-0.39, 0.29) is 0 Å². The third-order valence-corrected chi connectivity index (χ3v) is 15.5. The highest BCUT2D eigenvalue weighted by Gasteiger charge is 2.25. The van der Waals surface area contributed by atoms with E-state index in [9.17, 15) is 0 Å². The molecule has 0 atom stereocenters. The Balaban J connectivity index is 0.927. The van der Waals surface area contributed by atoms with E-state index in [1.54, 1.807) is 0 Å². The largest absolute Gasteiger partial charge is 0.310 e. The molecule has 3 heterocycles. The van der Waals surface area contributed by atoms with Crippen LogP contribution in [0.4, 0.5) is 34.1 Å². The van der Waals surface area contributed by atoms with Crippen LogP contribution in [-0.4, -0.2) is 9.13 Å². The molecule has 0 bridgehead atoms. The van der Waals surface area contributed by atoms with Crippen LogP contribution < -0.4 is 9.80 Å². The van der Waals surface area contributed by atoms with Gasteiger partial charge in [-0.15, -0.1) is 11.3 Å². The first-order chi connectivity index (χ1) is 34.2. The van der Waals surface area contributed by atoms with Crippen molar-refractivity contribution < 1.29 is 0 Å². The number of aromatic nitrogens is 2. The van der Waals surface area contributed by atoms with Gasteiger partial charge in [0, 0.05) is 86.6 Å². The summed E-state index contributed by atoms with van der Waals surface area (Å²) >= 11 is 1.86.